The maximum Gasteiger partial charge on any atom is 0.417 e. The molecule has 0 aromatic heterocycles. The fraction of sp³-hybridized carbons (Fsp3) is 0.345. The number of amides is 1. The summed E-state index contributed by atoms with van der Waals surface area (Å²) < 4.78 is 68.8. The smallest absolute Gasteiger partial charge is 0.348 e. The minimum absolute atomic E-state index is 0.147. The van der Waals surface area contributed by atoms with Crippen molar-refractivity contribution >= 4 is 33.2 Å². The summed E-state index contributed by atoms with van der Waals surface area (Å²) in [5.41, 5.74) is 2.75. The molecule has 0 heterocycles. The lowest BCUT2D eigenvalue weighted by Crippen LogP contribution is -2.42. The summed E-state index contributed by atoms with van der Waals surface area (Å²) >= 11 is 5.78. The van der Waals surface area contributed by atoms with Crippen molar-refractivity contribution in [3.05, 3.63) is 93.5 Å². The lowest BCUT2D eigenvalue weighted by Gasteiger charge is -2.27. The van der Waals surface area contributed by atoms with E-state index in [1.807, 2.05) is 13.0 Å². The first kappa shape index (κ1) is 29.0. The number of aryl methyl sites for hydroxylation is 3. The van der Waals surface area contributed by atoms with Gasteiger partial charge in [0.05, 0.1) is 27.2 Å². The highest BCUT2D eigenvalue weighted by atomic mass is 35.5. The van der Waals surface area contributed by atoms with Gasteiger partial charge in [-0.05, 0) is 86.1 Å². The first-order valence-corrected chi connectivity index (χ1v) is 14.6. The second-order valence-electron chi connectivity index (χ2n) is 9.75. The highest BCUT2D eigenvalue weighted by Crippen LogP contribution is 2.38. The van der Waals surface area contributed by atoms with Gasteiger partial charge in [-0.3, -0.25) is 9.10 Å². The molecule has 0 fully saturated rings. The maximum atomic E-state index is 13.6. The number of alkyl halides is 3. The van der Waals surface area contributed by atoms with Gasteiger partial charge in [-0.25, -0.2) is 8.42 Å². The Balaban J connectivity index is 1.67. The average Bonchev–Trinajstić information content (AvgIpc) is 2.90. The number of hydrogen-bond donors (Lipinski definition) is 1. The number of halogens is 4. The lowest BCUT2D eigenvalue weighted by molar-refractivity contribution is -0.137. The van der Waals surface area contributed by atoms with Crippen molar-refractivity contribution in [2.24, 2.45) is 0 Å². The quantitative estimate of drug-likeness (QED) is 0.313. The minimum Gasteiger partial charge on any atom is -0.348 e. The summed E-state index contributed by atoms with van der Waals surface area (Å²) in [6, 6.07) is 14.4. The Morgan fingerprint density at radius 3 is 2.31 bits per heavy atom. The van der Waals surface area contributed by atoms with Crippen molar-refractivity contribution in [2.45, 2.75) is 63.1 Å². The molecule has 4 rings (SSSR count). The zero-order chi connectivity index (χ0) is 28.4. The van der Waals surface area contributed by atoms with E-state index in [-0.39, 0.29) is 16.6 Å². The van der Waals surface area contributed by atoms with Crippen LogP contribution >= 0.6 is 11.6 Å². The summed E-state index contributed by atoms with van der Waals surface area (Å²) in [4.78, 5) is 13.1. The number of nitrogens with zero attached hydrogens (tertiary/aromatic N) is 1. The molecule has 3 aromatic rings. The third kappa shape index (κ3) is 6.58. The van der Waals surface area contributed by atoms with Crippen LogP contribution in [0.15, 0.2) is 65.6 Å². The maximum absolute atomic E-state index is 13.6. The van der Waals surface area contributed by atoms with E-state index >= 15 is 0 Å². The number of hydrogen-bond acceptors (Lipinski definition) is 3. The molecule has 1 aliphatic carbocycles. The first-order chi connectivity index (χ1) is 18.4. The van der Waals surface area contributed by atoms with E-state index in [0.717, 1.165) is 48.9 Å². The molecule has 1 aliphatic rings. The molecule has 0 aliphatic heterocycles. The van der Waals surface area contributed by atoms with E-state index in [1.165, 1.54) is 23.3 Å². The predicted octanol–water partition coefficient (Wildman–Crippen LogP) is 7.01. The molecule has 0 unspecified atom stereocenters. The van der Waals surface area contributed by atoms with Crippen LogP contribution in [0.5, 0.6) is 0 Å². The molecule has 3 aromatic carbocycles. The van der Waals surface area contributed by atoms with E-state index in [4.69, 9.17) is 11.6 Å². The first-order valence-electron chi connectivity index (χ1n) is 12.8. The van der Waals surface area contributed by atoms with Crippen molar-refractivity contribution in [2.75, 3.05) is 10.8 Å². The third-order valence-corrected chi connectivity index (χ3v) is 9.08. The van der Waals surface area contributed by atoms with E-state index in [9.17, 15) is 26.4 Å². The molecule has 1 N–H and O–H groups in total. The lowest BCUT2D eigenvalue weighted by atomic mass is 9.89. The average molecular weight is 579 g/mol. The van der Waals surface area contributed by atoms with Crippen LogP contribution in [-0.4, -0.2) is 20.9 Å². The third-order valence-electron chi connectivity index (χ3n) is 6.96. The van der Waals surface area contributed by atoms with Gasteiger partial charge in [0.1, 0.15) is 6.54 Å². The Labute approximate surface area is 232 Å². The topological polar surface area (TPSA) is 66.5 Å². The summed E-state index contributed by atoms with van der Waals surface area (Å²) in [5, 5.41) is 2.32. The van der Waals surface area contributed by atoms with Crippen LogP contribution in [0, 0.1) is 6.92 Å². The van der Waals surface area contributed by atoms with Crippen molar-refractivity contribution in [3.8, 4) is 0 Å². The van der Waals surface area contributed by atoms with Gasteiger partial charge in [-0.1, -0.05) is 54.4 Å². The Morgan fingerprint density at radius 1 is 1.00 bits per heavy atom. The van der Waals surface area contributed by atoms with E-state index in [1.54, 1.807) is 19.1 Å². The van der Waals surface area contributed by atoms with Crippen LogP contribution in [0.25, 0.3) is 0 Å². The van der Waals surface area contributed by atoms with Gasteiger partial charge in [0.2, 0.25) is 5.91 Å². The zero-order valence-electron chi connectivity index (χ0n) is 21.7. The van der Waals surface area contributed by atoms with E-state index in [0.29, 0.717) is 16.8 Å². The number of sulfonamides is 1. The number of nitrogens with one attached hydrogen (secondary N) is 1. The van der Waals surface area contributed by atoms with Crippen LogP contribution < -0.4 is 9.62 Å². The normalized spacial score (nSPS) is 14.4. The summed E-state index contributed by atoms with van der Waals surface area (Å²) in [6.07, 6.45) is -0.0264. The minimum atomic E-state index is -4.81. The van der Waals surface area contributed by atoms with Crippen LogP contribution in [0.2, 0.25) is 5.02 Å². The molecule has 39 heavy (non-hydrogen) atoms. The predicted molar refractivity (Wildman–Crippen MR) is 146 cm³/mol. The number of benzene rings is 3. The van der Waals surface area contributed by atoms with Gasteiger partial charge in [-0.2, -0.15) is 13.2 Å². The van der Waals surface area contributed by atoms with Crippen LogP contribution in [-0.2, 0) is 33.8 Å². The molecule has 0 saturated heterocycles. The molecule has 208 valence electrons. The van der Waals surface area contributed by atoms with Gasteiger partial charge in [0.25, 0.3) is 10.0 Å². The Morgan fingerprint density at radius 2 is 1.67 bits per heavy atom. The van der Waals surface area contributed by atoms with Crippen LogP contribution in [0.3, 0.4) is 0 Å². The molecule has 10 heteroatoms. The molecule has 1 amide bonds. The van der Waals surface area contributed by atoms with Gasteiger partial charge in [0, 0.05) is 0 Å². The van der Waals surface area contributed by atoms with E-state index in [2.05, 4.69) is 17.4 Å². The van der Waals surface area contributed by atoms with Crippen molar-refractivity contribution in [1.82, 2.24) is 5.32 Å². The summed E-state index contributed by atoms with van der Waals surface area (Å²) in [6.45, 7) is 2.97. The van der Waals surface area contributed by atoms with Gasteiger partial charge < -0.3 is 5.32 Å². The second kappa shape index (κ2) is 11.6. The molecule has 0 bridgehead atoms. The summed E-state index contributed by atoms with van der Waals surface area (Å²) in [7, 11) is -4.40. The molecule has 0 saturated carbocycles. The fourth-order valence-corrected chi connectivity index (χ4v) is 6.44. The van der Waals surface area contributed by atoms with Crippen molar-refractivity contribution in [3.63, 3.8) is 0 Å². The number of rotatable bonds is 8. The zero-order valence-corrected chi connectivity index (χ0v) is 23.3. The highest BCUT2D eigenvalue weighted by molar-refractivity contribution is 7.92. The Hall–Kier alpha value is -3.04. The van der Waals surface area contributed by atoms with Gasteiger partial charge in [0.15, 0.2) is 0 Å². The Bertz CT molecular complexity index is 1460. The number of carbonyl (C=O) groups excluding carboxylic acids is 1. The fourth-order valence-electron chi connectivity index (χ4n) is 4.80. The Kier molecular flexibility index (Phi) is 8.61. The van der Waals surface area contributed by atoms with Crippen LogP contribution in [0.1, 0.15) is 60.0 Å². The number of carbonyl (C=O) groups is 1. The van der Waals surface area contributed by atoms with E-state index < -0.39 is 39.2 Å². The van der Waals surface area contributed by atoms with Crippen molar-refractivity contribution in [1.29, 1.82) is 0 Å². The molecule has 1 atom stereocenters. The molecule has 0 spiro atoms. The second-order valence-corrected chi connectivity index (χ2v) is 12.0. The molecule has 0 radical (unpaired) electrons. The SMILES string of the molecule is CC[C@H](NC(=O)CN(c1ccc(Cl)c(C(F)(F)F)c1)S(=O)(=O)c1ccc(C)cc1)c1ccc2c(c1)CCCC2. The largest absolute Gasteiger partial charge is 0.417 e. The summed E-state index contributed by atoms with van der Waals surface area (Å²) in [5.74, 6) is -0.640. The van der Waals surface area contributed by atoms with Gasteiger partial charge in [-0.15, -0.1) is 0 Å². The number of fused-ring (bicyclic) bond motifs is 1. The highest BCUT2D eigenvalue weighted by Gasteiger charge is 2.35. The monoisotopic (exact) mass is 578 g/mol. The van der Waals surface area contributed by atoms with Gasteiger partial charge >= 0.3 is 6.18 Å². The number of anilines is 1. The van der Waals surface area contributed by atoms with Crippen molar-refractivity contribution < 1.29 is 26.4 Å². The molecule has 5 nitrogen and oxygen atoms in total. The standard InChI is InChI=1S/C29H30ClF3N2O3S/c1-3-27(22-11-10-20-6-4-5-7-21(20)16-22)34-28(36)18-35(39(37,38)24-13-8-19(2)9-14-24)23-12-15-26(30)25(17-23)29(31,32)33/h8-17,27H,3-7,18H2,1-2H3,(H,34,36)/t27-/m0/s1. The molecular weight excluding hydrogens is 549 g/mol. The molecular formula is C29H30ClF3N2O3S. The van der Waals surface area contributed by atoms with Crippen LogP contribution in [0.4, 0.5) is 18.9 Å².